The van der Waals surface area contributed by atoms with Crippen LogP contribution in [-0.4, -0.2) is 25.8 Å². The number of rotatable bonds is 7. The van der Waals surface area contributed by atoms with Gasteiger partial charge in [0.25, 0.3) is 0 Å². The van der Waals surface area contributed by atoms with Crippen LogP contribution in [-0.2, 0) is 27.9 Å². The van der Waals surface area contributed by atoms with Crippen LogP contribution in [0.15, 0.2) is 82.2 Å². The average Bonchev–Trinajstić information content (AvgIpc) is 3.18. The molecule has 1 amide bonds. The minimum atomic E-state index is -3.61. The Hall–Kier alpha value is -2.48. The molecule has 0 radical (unpaired) electrons. The maximum Gasteiger partial charge on any atom is 0.240 e. The second-order valence-corrected chi connectivity index (χ2v) is 10.2. The Morgan fingerprint density at radius 1 is 0.935 bits per heavy atom. The van der Waals surface area contributed by atoms with Crippen LogP contribution in [0.25, 0.3) is 11.1 Å². The van der Waals surface area contributed by atoms with Crippen molar-refractivity contribution in [2.24, 2.45) is 0 Å². The van der Waals surface area contributed by atoms with E-state index in [0.29, 0.717) is 13.0 Å². The number of likely N-dealkylation sites (tertiary alicyclic amines) is 1. The van der Waals surface area contributed by atoms with E-state index in [9.17, 15) is 13.2 Å². The van der Waals surface area contributed by atoms with Gasteiger partial charge in [0, 0.05) is 30.5 Å². The van der Waals surface area contributed by atoms with Crippen LogP contribution in [0.3, 0.4) is 0 Å². The molecule has 5 nitrogen and oxygen atoms in total. The standard InChI is InChI=1S/C24H23BrN2O3S/c25-21-11-13-22(14-12-21)31(29,30)26-16-20-4-1-2-5-23(20)19-9-7-18(8-10-19)17-27-15-3-6-24(27)28/h1-2,4-5,7-14,26H,3,6,15-17H2. The number of sulfonamides is 1. The van der Waals surface area contributed by atoms with Crippen molar-refractivity contribution in [1.82, 2.24) is 9.62 Å². The smallest absolute Gasteiger partial charge is 0.240 e. The van der Waals surface area contributed by atoms with Crippen molar-refractivity contribution >= 4 is 31.9 Å². The highest BCUT2D eigenvalue weighted by Gasteiger charge is 2.20. The number of nitrogens with zero attached hydrogens (tertiary/aromatic N) is 1. The summed E-state index contributed by atoms with van der Waals surface area (Å²) >= 11 is 3.32. The molecule has 1 heterocycles. The number of carbonyl (C=O) groups is 1. The van der Waals surface area contributed by atoms with E-state index >= 15 is 0 Å². The fraction of sp³-hybridized carbons (Fsp3) is 0.208. The van der Waals surface area contributed by atoms with E-state index in [1.54, 1.807) is 24.3 Å². The first-order valence-corrected chi connectivity index (χ1v) is 12.4. The summed E-state index contributed by atoms with van der Waals surface area (Å²) in [5.41, 5.74) is 3.97. The zero-order valence-electron chi connectivity index (χ0n) is 16.9. The van der Waals surface area contributed by atoms with Crippen LogP contribution in [0.4, 0.5) is 0 Å². The van der Waals surface area contributed by atoms with Crippen LogP contribution in [0, 0.1) is 0 Å². The van der Waals surface area contributed by atoms with Gasteiger partial charge in [-0.15, -0.1) is 0 Å². The van der Waals surface area contributed by atoms with E-state index in [1.807, 2.05) is 53.4 Å². The van der Waals surface area contributed by atoms with E-state index in [-0.39, 0.29) is 17.3 Å². The Morgan fingerprint density at radius 2 is 1.65 bits per heavy atom. The number of hydrogen-bond acceptors (Lipinski definition) is 3. The first-order valence-electron chi connectivity index (χ1n) is 10.1. The van der Waals surface area contributed by atoms with Crippen molar-refractivity contribution < 1.29 is 13.2 Å². The van der Waals surface area contributed by atoms with Gasteiger partial charge in [-0.25, -0.2) is 13.1 Å². The predicted octanol–water partition coefficient (Wildman–Crippen LogP) is 4.72. The fourth-order valence-electron chi connectivity index (χ4n) is 3.71. The van der Waals surface area contributed by atoms with E-state index < -0.39 is 10.0 Å². The monoisotopic (exact) mass is 498 g/mol. The maximum atomic E-state index is 12.6. The number of carbonyl (C=O) groups excluding carboxylic acids is 1. The summed E-state index contributed by atoms with van der Waals surface area (Å²) < 4.78 is 28.8. The third kappa shape index (κ3) is 5.23. The molecule has 0 atom stereocenters. The van der Waals surface area contributed by atoms with E-state index in [1.165, 1.54) is 0 Å². The van der Waals surface area contributed by atoms with E-state index in [0.717, 1.165) is 39.7 Å². The molecule has 1 fully saturated rings. The molecular weight excluding hydrogens is 476 g/mol. The first kappa shape index (κ1) is 21.7. The molecule has 0 aromatic heterocycles. The van der Waals surface area contributed by atoms with Crippen molar-refractivity contribution in [2.45, 2.75) is 30.8 Å². The third-order valence-electron chi connectivity index (χ3n) is 5.40. The average molecular weight is 499 g/mol. The number of hydrogen-bond donors (Lipinski definition) is 1. The van der Waals surface area contributed by atoms with Gasteiger partial charge >= 0.3 is 0 Å². The second-order valence-electron chi connectivity index (χ2n) is 7.55. The van der Waals surface area contributed by atoms with Crippen LogP contribution in [0.5, 0.6) is 0 Å². The number of benzene rings is 3. The SMILES string of the molecule is O=C1CCCN1Cc1ccc(-c2ccccc2CNS(=O)(=O)c2ccc(Br)cc2)cc1. The molecule has 160 valence electrons. The summed E-state index contributed by atoms with van der Waals surface area (Å²) in [6, 6.07) is 22.4. The largest absolute Gasteiger partial charge is 0.338 e. The highest BCUT2D eigenvalue weighted by molar-refractivity contribution is 9.10. The topological polar surface area (TPSA) is 66.5 Å². The van der Waals surface area contributed by atoms with Gasteiger partial charge in [-0.1, -0.05) is 64.5 Å². The van der Waals surface area contributed by atoms with Gasteiger partial charge < -0.3 is 4.90 Å². The van der Waals surface area contributed by atoms with Crippen molar-refractivity contribution in [3.8, 4) is 11.1 Å². The molecule has 3 aromatic carbocycles. The summed E-state index contributed by atoms with van der Waals surface area (Å²) in [7, 11) is -3.61. The molecule has 0 aliphatic carbocycles. The van der Waals surface area contributed by atoms with Crippen molar-refractivity contribution in [3.05, 3.63) is 88.4 Å². The summed E-state index contributed by atoms with van der Waals surface area (Å²) in [5.74, 6) is 0.215. The molecule has 4 rings (SSSR count). The van der Waals surface area contributed by atoms with Gasteiger partial charge in [-0.3, -0.25) is 4.79 Å². The number of nitrogens with one attached hydrogen (secondary N) is 1. The fourth-order valence-corrected chi connectivity index (χ4v) is 4.98. The number of halogens is 1. The molecule has 1 saturated heterocycles. The Kier molecular flexibility index (Phi) is 6.55. The predicted molar refractivity (Wildman–Crippen MR) is 125 cm³/mol. The normalized spacial score (nSPS) is 14.2. The van der Waals surface area contributed by atoms with E-state index in [4.69, 9.17) is 0 Å². The molecule has 0 unspecified atom stereocenters. The molecule has 0 spiro atoms. The van der Waals surface area contributed by atoms with Gasteiger partial charge in [0.1, 0.15) is 0 Å². The van der Waals surface area contributed by atoms with Gasteiger partial charge in [0.15, 0.2) is 0 Å². The van der Waals surface area contributed by atoms with Gasteiger partial charge in [-0.05, 0) is 52.9 Å². The summed E-state index contributed by atoms with van der Waals surface area (Å²) in [5, 5.41) is 0. The van der Waals surface area contributed by atoms with Crippen molar-refractivity contribution in [2.75, 3.05) is 6.54 Å². The van der Waals surface area contributed by atoms with Crippen LogP contribution in [0.2, 0.25) is 0 Å². The lowest BCUT2D eigenvalue weighted by atomic mass is 9.98. The molecule has 7 heteroatoms. The Balaban J connectivity index is 1.49. The van der Waals surface area contributed by atoms with Gasteiger partial charge in [0.05, 0.1) is 4.90 Å². The van der Waals surface area contributed by atoms with Crippen molar-refractivity contribution in [1.29, 1.82) is 0 Å². The highest BCUT2D eigenvalue weighted by Crippen LogP contribution is 2.25. The van der Waals surface area contributed by atoms with Gasteiger partial charge in [0.2, 0.25) is 15.9 Å². The number of amides is 1. The Bertz CT molecular complexity index is 1180. The molecule has 1 aliphatic rings. The lowest BCUT2D eigenvalue weighted by Crippen LogP contribution is -2.23. The lowest BCUT2D eigenvalue weighted by Gasteiger charge is -2.16. The molecule has 0 saturated carbocycles. The highest BCUT2D eigenvalue weighted by atomic mass is 79.9. The second kappa shape index (κ2) is 9.34. The zero-order valence-corrected chi connectivity index (χ0v) is 19.3. The summed E-state index contributed by atoms with van der Waals surface area (Å²) in [4.78, 5) is 14.0. The molecule has 31 heavy (non-hydrogen) atoms. The van der Waals surface area contributed by atoms with Crippen LogP contribution < -0.4 is 4.72 Å². The van der Waals surface area contributed by atoms with Gasteiger partial charge in [-0.2, -0.15) is 0 Å². The van der Waals surface area contributed by atoms with E-state index in [2.05, 4.69) is 20.7 Å². The molecule has 1 N–H and O–H groups in total. The lowest BCUT2D eigenvalue weighted by molar-refractivity contribution is -0.128. The zero-order chi connectivity index (χ0) is 21.8. The maximum absolute atomic E-state index is 12.6. The third-order valence-corrected chi connectivity index (χ3v) is 7.35. The Morgan fingerprint density at radius 3 is 2.32 bits per heavy atom. The molecule has 0 bridgehead atoms. The summed E-state index contributed by atoms with van der Waals surface area (Å²) in [6.07, 6.45) is 1.57. The summed E-state index contributed by atoms with van der Waals surface area (Å²) in [6.45, 7) is 1.65. The quantitative estimate of drug-likeness (QED) is 0.512. The molecular formula is C24H23BrN2O3S. The van der Waals surface area contributed by atoms with Crippen LogP contribution >= 0.6 is 15.9 Å². The molecule has 1 aliphatic heterocycles. The molecule has 3 aromatic rings. The minimum Gasteiger partial charge on any atom is -0.338 e. The van der Waals surface area contributed by atoms with Crippen LogP contribution in [0.1, 0.15) is 24.0 Å². The van der Waals surface area contributed by atoms with Crippen molar-refractivity contribution in [3.63, 3.8) is 0 Å². The minimum absolute atomic E-state index is 0.193. The first-order chi connectivity index (χ1) is 14.9. The Labute approximate surface area is 191 Å².